The van der Waals surface area contributed by atoms with Gasteiger partial charge in [-0.15, -0.1) is 0 Å². The van der Waals surface area contributed by atoms with Gasteiger partial charge in [0.25, 0.3) is 0 Å². The molecule has 0 bridgehead atoms. The van der Waals surface area contributed by atoms with Crippen LogP contribution in [0.15, 0.2) is 24.3 Å². The Bertz CT molecular complexity index is 485. The number of carbonyl (C=O) groups excluding carboxylic acids is 2. The molecule has 0 saturated carbocycles. The number of hydrogen-bond donors (Lipinski definition) is 2. The van der Waals surface area contributed by atoms with E-state index in [0.717, 1.165) is 17.8 Å². The summed E-state index contributed by atoms with van der Waals surface area (Å²) in [5.41, 5.74) is 1.86. The van der Waals surface area contributed by atoms with Crippen LogP contribution in [0.1, 0.15) is 39.2 Å². The fraction of sp³-hybridized carbons (Fsp3) is 0.529. The van der Waals surface area contributed by atoms with Gasteiger partial charge in [-0.1, -0.05) is 25.1 Å². The van der Waals surface area contributed by atoms with Crippen molar-refractivity contribution in [2.45, 2.75) is 40.2 Å². The average molecular weight is 305 g/mol. The van der Waals surface area contributed by atoms with Crippen LogP contribution in [0.2, 0.25) is 0 Å². The van der Waals surface area contributed by atoms with E-state index in [4.69, 9.17) is 0 Å². The molecule has 2 N–H and O–H groups in total. The maximum atomic E-state index is 12.0. The van der Waals surface area contributed by atoms with Gasteiger partial charge in [0.15, 0.2) is 0 Å². The summed E-state index contributed by atoms with van der Waals surface area (Å²) in [6, 6.07) is 7.72. The molecule has 0 radical (unpaired) electrons. The van der Waals surface area contributed by atoms with Crippen LogP contribution in [-0.2, 0) is 16.1 Å². The molecule has 5 nitrogen and oxygen atoms in total. The van der Waals surface area contributed by atoms with Crippen LogP contribution in [0.5, 0.6) is 0 Å². The monoisotopic (exact) mass is 305 g/mol. The van der Waals surface area contributed by atoms with Crippen LogP contribution < -0.4 is 10.6 Å². The highest BCUT2D eigenvalue weighted by molar-refractivity contribution is 5.93. The largest absolute Gasteiger partial charge is 0.343 e. The number of rotatable bonds is 9. The Kier molecular flexibility index (Phi) is 8.22. The molecule has 1 aromatic rings. The fourth-order valence-corrected chi connectivity index (χ4v) is 2.22. The van der Waals surface area contributed by atoms with E-state index < -0.39 is 0 Å². The number of amides is 2. The summed E-state index contributed by atoms with van der Waals surface area (Å²) in [4.78, 5) is 25.7. The van der Waals surface area contributed by atoms with Crippen molar-refractivity contribution in [3.63, 3.8) is 0 Å². The summed E-state index contributed by atoms with van der Waals surface area (Å²) in [6.45, 7) is 8.88. The quantitative estimate of drug-likeness (QED) is 0.736. The highest BCUT2D eigenvalue weighted by atomic mass is 16.2. The topological polar surface area (TPSA) is 61.4 Å². The van der Waals surface area contributed by atoms with Crippen LogP contribution in [0, 0.1) is 0 Å². The first kappa shape index (κ1) is 18.2. The minimum absolute atomic E-state index is 0.0288. The number of para-hydroxylation sites is 1. The standard InChI is InChI=1S/C17H27N3O2/c1-4-18-13-14-9-7-8-10-15(14)19-16(21)11-12-17(22)20(5-2)6-3/h7-10,18H,4-6,11-13H2,1-3H3,(H,19,21). The normalized spacial score (nSPS) is 10.3. The first-order valence-corrected chi connectivity index (χ1v) is 7.98. The summed E-state index contributed by atoms with van der Waals surface area (Å²) in [7, 11) is 0. The van der Waals surface area contributed by atoms with Crippen molar-refractivity contribution in [2.24, 2.45) is 0 Å². The smallest absolute Gasteiger partial charge is 0.224 e. The van der Waals surface area contributed by atoms with Gasteiger partial charge in [0.05, 0.1) is 0 Å². The molecular formula is C17H27N3O2. The highest BCUT2D eigenvalue weighted by Crippen LogP contribution is 2.15. The second-order valence-electron chi connectivity index (χ2n) is 5.05. The molecule has 0 spiro atoms. The Hall–Kier alpha value is -1.88. The summed E-state index contributed by atoms with van der Waals surface area (Å²) in [5, 5.41) is 6.15. The van der Waals surface area contributed by atoms with Crippen LogP contribution >= 0.6 is 0 Å². The number of carbonyl (C=O) groups is 2. The van der Waals surface area contributed by atoms with Crippen molar-refractivity contribution >= 4 is 17.5 Å². The van der Waals surface area contributed by atoms with Crippen molar-refractivity contribution < 1.29 is 9.59 Å². The van der Waals surface area contributed by atoms with E-state index in [0.29, 0.717) is 19.6 Å². The lowest BCUT2D eigenvalue weighted by Gasteiger charge is -2.18. The van der Waals surface area contributed by atoms with Gasteiger partial charge in [-0.2, -0.15) is 0 Å². The molecule has 0 atom stereocenters. The SMILES string of the molecule is CCNCc1ccccc1NC(=O)CCC(=O)N(CC)CC. The minimum Gasteiger partial charge on any atom is -0.343 e. The third-order valence-corrected chi connectivity index (χ3v) is 3.54. The molecule has 0 aliphatic carbocycles. The van der Waals surface area contributed by atoms with Crippen molar-refractivity contribution in [1.82, 2.24) is 10.2 Å². The van der Waals surface area contributed by atoms with Crippen LogP contribution in [0.4, 0.5) is 5.69 Å². The minimum atomic E-state index is -0.121. The third-order valence-electron chi connectivity index (χ3n) is 3.54. The first-order chi connectivity index (χ1) is 10.6. The van der Waals surface area contributed by atoms with Crippen molar-refractivity contribution in [3.8, 4) is 0 Å². The molecule has 0 aliphatic rings. The second-order valence-corrected chi connectivity index (χ2v) is 5.05. The zero-order valence-electron chi connectivity index (χ0n) is 13.8. The molecule has 0 aromatic heterocycles. The molecule has 2 amide bonds. The second kappa shape index (κ2) is 9.95. The van der Waals surface area contributed by atoms with Gasteiger partial charge >= 0.3 is 0 Å². The average Bonchev–Trinajstić information content (AvgIpc) is 2.53. The molecule has 122 valence electrons. The van der Waals surface area contributed by atoms with E-state index in [1.165, 1.54) is 0 Å². The van der Waals surface area contributed by atoms with Crippen LogP contribution in [0.25, 0.3) is 0 Å². The van der Waals surface area contributed by atoms with E-state index in [1.807, 2.05) is 45.0 Å². The van der Waals surface area contributed by atoms with Gasteiger partial charge in [0.1, 0.15) is 0 Å². The molecule has 1 rings (SSSR count). The molecule has 0 unspecified atom stereocenters. The van der Waals surface area contributed by atoms with Crippen LogP contribution in [0.3, 0.4) is 0 Å². The predicted molar refractivity (Wildman–Crippen MR) is 89.6 cm³/mol. The third kappa shape index (κ3) is 5.85. The summed E-state index contributed by atoms with van der Waals surface area (Å²) in [6.07, 6.45) is 0.466. The molecule has 5 heteroatoms. The van der Waals surface area contributed by atoms with Gasteiger partial charge in [-0.05, 0) is 32.0 Å². The number of nitrogens with one attached hydrogen (secondary N) is 2. The molecule has 1 aromatic carbocycles. The molecule has 0 aliphatic heterocycles. The number of nitrogens with zero attached hydrogens (tertiary/aromatic N) is 1. The molecule has 0 saturated heterocycles. The van der Waals surface area contributed by atoms with E-state index in [2.05, 4.69) is 10.6 Å². The van der Waals surface area contributed by atoms with E-state index in [9.17, 15) is 9.59 Å². The molecule has 0 fully saturated rings. The Morgan fingerprint density at radius 3 is 2.36 bits per heavy atom. The zero-order valence-corrected chi connectivity index (χ0v) is 13.8. The fourth-order valence-electron chi connectivity index (χ4n) is 2.22. The van der Waals surface area contributed by atoms with Gasteiger partial charge in [-0.3, -0.25) is 9.59 Å². The molecular weight excluding hydrogens is 278 g/mol. The molecule has 0 heterocycles. The summed E-state index contributed by atoms with van der Waals surface area (Å²) >= 11 is 0. The maximum Gasteiger partial charge on any atom is 0.224 e. The lowest BCUT2D eigenvalue weighted by atomic mass is 10.1. The highest BCUT2D eigenvalue weighted by Gasteiger charge is 2.12. The Balaban J connectivity index is 2.53. The zero-order chi connectivity index (χ0) is 16.4. The van der Waals surface area contributed by atoms with Crippen molar-refractivity contribution in [3.05, 3.63) is 29.8 Å². The Morgan fingerprint density at radius 1 is 1.05 bits per heavy atom. The van der Waals surface area contributed by atoms with Crippen molar-refractivity contribution in [1.29, 1.82) is 0 Å². The van der Waals surface area contributed by atoms with E-state index >= 15 is 0 Å². The predicted octanol–water partition coefficient (Wildman–Crippen LogP) is 2.38. The summed E-state index contributed by atoms with van der Waals surface area (Å²) < 4.78 is 0. The number of benzene rings is 1. The van der Waals surface area contributed by atoms with E-state index in [-0.39, 0.29) is 24.7 Å². The first-order valence-electron chi connectivity index (χ1n) is 7.98. The Labute approximate surface area is 133 Å². The maximum absolute atomic E-state index is 12.0. The van der Waals surface area contributed by atoms with Gasteiger partial charge in [0.2, 0.25) is 11.8 Å². The van der Waals surface area contributed by atoms with Gasteiger partial charge in [-0.25, -0.2) is 0 Å². The lowest BCUT2D eigenvalue weighted by Crippen LogP contribution is -2.31. The lowest BCUT2D eigenvalue weighted by molar-refractivity contribution is -0.132. The number of hydrogen-bond acceptors (Lipinski definition) is 3. The Morgan fingerprint density at radius 2 is 1.73 bits per heavy atom. The summed E-state index contributed by atoms with van der Waals surface area (Å²) in [5.74, 6) is -0.0921. The van der Waals surface area contributed by atoms with Crippen LogP contribution in [-0.4, -0.2) is 36.3 Å². The molecule has 22 heavy (non-hydrogen) atoms. The number of anilines is 1. The van der Waals surface area contributed by atoms with Gasteiger partial charge in [0, 0.05) is 38.2 Å². The van der Waals surface area contributed by atoms with Gasteiger partial charge < -0.3 is 15.5 Å². The van der Waals surface area contributed by atoms with E-state index in [1.54, 1.807) is 4.90 Å². The van der Waals surface area contributed by atoms with Crippen molar-refractivity contribution in [2.75, 3.05) is 25.0 Å².